The van der Waals surface area contributed by atoms with Crippen molar-refractivity contribution in [1.82, 2.24) is 4.98 Å². The minimum Gasteiger partial charge on any atom is -0.508 e. The molecule has 6 heteroatoms. The number of para-hydroxylation sites is 2. The number of aromatic nitrogens is 1. The van der Waals surface area contributed by atoms with E-state index in [2.05, 4.69) is 0 Å². The molecule has 0 saturated heterocycles. The number of carbonyl (C=O) groups excluding carboxylic acids is 2. The zero-order valence-electron chi connectivity index (χ0n) is 19.3. The number of rotatable bonds is 5. The highest BCUT2D eigenvalue weighted by Crippen LogP contribution is 2.38. The lowest BCUT2D eigenvalue weighted by atomic mass is 10.0. The number of aromatic hydroxyl groups is 1. The van der Waals surface area contributed by atoms with Crippen molar-refractivity contribution in [3.63, 3.8) is 0 Å². The van der Waals surface area contributed by atoms with Crippen LogP contribution in [0.2, 0.25) is 0 Å². The monoisotopic (exact) mass is 464 g/mol. The minimum atomic E-state index is -0.527. The van der Waals surface area contributed by atoms with Gasteiger partial charge in [0.1, 0.15) is 5.75 Å². The van der Waals surface area contributed by atoms with Crippen LogP contribution in [0.15, 0.2) is 78.9 Å². The average molecular weight is 465 g/mol. The molecule has 35 heavy (non-hydrogen) atoms. The van der Waals surface area contributed by atoms with Crippen molar-refractivity contribution in [1.29, 1.82) is 0 Å². The highest BCUT2D eigenvalue weighted by molar-refractivity contribution is 6.08. The Morgan fingerprint density at radius 3 is 2.46 bits per heavy atom. The van der Waals surface area contributed by atoms with Crippen LogP contribution in [0.4, 0.5) is 5.69 Å². The first-order valence-corrected chi connectivity index (χ1v) is 11.4. The highest BCUT2D eigenvalue weighted by atomic mass is 16.5. The first kappa shape index (κ1) is 22.3. The second-order valence-electron chi connectivity index (χ2n) is 8.46. The zero-order valence-corrected chi connectivity index (χ0v) is 19.3. The van der Waals surface area contributed by atoms with Crippen LogP contribution in [0.5, 0.6) is 5.75 Å². The third-order valence-corrected chi connectivity index (χ3v) is 6.22. The van der Waals surface area contributed by atoms with E-state index in [1.807, 2.05) is 72.8 Å². The van der Waals surface area contributed by atoms with Crippen LogP contribution >= 0.6 is 0 Å². The summed E-state index contributed by atoms with van der Waals surface area (Å²) < 4.78 is 5.53. The van der Waals surface area contributed by atoms with E-state index >= 15 is 0 Å². The van der Waals surface area contributed by atoms with Crippen LogP contribution in [-0.2, 0) is 16.0 Å². The Kier molecular flexibility index (Phi) is 6.02. The lowest BCUT2D eigenvalue weighted by Crippen LogP contribution is -2.31. The number of fused-ring (bicyclic) bond motifs is 2. The number of benzene rings is 3. The summed E-state index contributed by atoms with van der Waals surface area (Å²) in [4.78, 5) is 32.3. The second-order valence-corrected chi connectivity index (χ2v) is 8.46. The number of likely N-dealkylation sites (N-methyl/N-ethyl adjacent to an activating group) is 1. The number of allylic oxidation sites excluding steroid dienone is 1. The number of esters is 1. The molecule has 0 fully saturated rings. The van der Waals surface area contributed by atoms with Gasteiger partial charge in [0.15, 0.2) is 6.61 Å². The molecular weight excluding hydrogens is 440 g/mol. The van der Waals surface area contributed by atoms with Crippen molar-refractivity contribution < 1.29 is 19.4 Å². The number of hydrogen-bond acceptors (Lipinski definition) is 5. The van der Waals surface area contributed by atoms with Gasteiger partial charge in [0.05, 0.1) is 16.8 Å². The summed E-state index contributed by atoms with van der Waals surface area (Å²) in [6.07, 6.45) is 3.41. The van der Waals surface area contributed by atoms with Gasteiger partial charge in [0.2, 0.25) is 0 Å². The van der Waals surface area contributed by atoms with E-state index in [0.717, 1.165) is 34.5 Å². The Hall–Kier alpha value is -4.45. The Morgan fingerprint density at radius 2 is 1.69 bits per heavy atom. The summed E-state index contributed by atoms with van der Waals surface area (Å²) in [5, 5.41) is 10.3. The Morgan fingerprint density at radius 1 is 0.971 bits per heavy atom. The molecule has 0 saturated carbocycles. The molecular formula is C29H24N2O4. The topological polar surface area (TPSA) is 79.7 Å². The molecule has 3 aromatic carbocycles. The number of phenols is 1. The molecule has 1 aliphatic rings. The van der Waals surface area contributed by atoms with E-state index in [-0.39, 0.29) is 18.3 Å². The molecule has 5 rings (SSSR count). The number of hydrogen-bond donors (Lipinski definition) is 1. The molecule has 1 heterocycles. The van der Waals surface area contributed by atoms with E-state index in [1.165, 1.54) is 4.90 Å². The Labute approximate surface area is 203 Å². The molecule has 6 nitrogen and oxygen atoms in total. The fourth-order valence-electron chi connectivity index (χ4n) is 4.38. The maximum Gasteiger partial charge on any atom is 0.339 e. The molecule has 4 aromatic rings. The predicted molar refractivity (Wildman–Crippen MR) is 136 cm³/mol. The molecule has 0 spiro atoms. The van der Waals surface area contributed by atoms with Gasteiger partial charge < -0.3 is 14.7 Å². The molecule has 174 valence electrons. The summed E-state index contributed by atoms with van der Waals surface area (Å²) in [5.41, 5.74) is 5.47. The number of carbonyl (C=O) groups is 2. The molecule has 0 bridgehead atoms. The van der Waals surface area contributed by atoms with Crippen molar-refractivity contribution in [2.75, 3.05) is 18.6 Å². The van der Waals surface area contributed by atoms with Crippen molar-refractivity contribution in [3.8, 4) is 5.75 Å². The van der Waals surface area contributed by atoms with E-state index in [0.29, 0.717) is 22.9 Å². The van der Waals surface area contributed by atoms with Crippen LogP contribution in [-0.4, -0.2) is 35.6 Å². The lowest BCUT2D eigenvalue weighted by molar-refractivity contribution is -0.121. The van der Waals surface area contributed by atoms with Gasteiger partial charge in [-0.3, -0.25) is 4.79 Å². The van der Waals surface area contributed by atoms with E-state index in [9.17, 15) is 14.7 Å². The van der Waals surface area contributed by atoms with E-state index < -0.39 is 5.97 Å². The molecule has 0 aliphatic heterocycles. The Bertz CT molecular complexity index is 1440. The van der Waals surface area contributed by atoms with Gasteiger partial charge in [0, 0.05) is 18.1 Å². The minimum absolute atomic E-state index is 0.209. The molecule has 1 N–H and O–H groups in total. The van der Waals surface area contributed by atoms with Crippen molar-refractivity contribution in [2.24, 2.45) is 0 Å². The Balaban J connectivity index is 1.45. The zero-order chi connectivity index (χ0) is 24.4. The van der Waals surface area contributed by atoms with Crippen LogP contribution in [0, 0.1) is 0 Å². The molecule has 1 aliphatic carbocycles. The van der Waals surface area contributed by atoms with Crippen LogP contribution < -0.4 is 4.90 Å². The van der Waals surface area contributed by atoms with Crippen LogP contribution in [0.25, 0.3) is 22.6 Å². The predicted octanol–water partition coefficient (Wildman–Crippen LogP) is 5.25. The number of amides is 1. The molecule has 1 aromatic heterocycles. The van der Waals surface area contributed by atoms with Crippen molar-refractivity contribution in [3.05, 3.63) is 101 Å². The van der Waals surface area contributed by atoms with Crippen molar-refractivity contribution >= 4 is 40.1 Å². The van der Waals surface area contributed by atoms with Crippen molar-refractivity contribution in [2.45, 2.75) is 12.8 Å². The van der Waals surface area contributed by atoms with Gasteiger partial charge in [-0.2, -0.15) is 0 Å². The molecule has 0 atom stereocenters. The SMILES string of the molecule is CN(C(=O)COC(=O)c1c2c(nc3ccccc13)/C(=C\c1ccc(O)cc1)CC2)c1ccccc1. The smallest absolute Gasteiger partial charge is 0.339 e. The fourth-order valence-corrected chi connectivity index (χ4v) is 4.38. The number of phenolic OH excluding ortho intramolecular Hbond substituents is 1. The normalized spacial score (nSPS) is 13.6. The van der Waals surface area contributed by atoms with Crippen LogP contribution in [0.1, 0.15) is 33.6 Å². The van der Waals surface area contributed by atoms with Gasteiger partial charge in [0.25, 0.3) is 5.91 Å². The summed E-state index contributed by atoms with van der Waals surface area (Å²) in [6.45, 7) is -0.355. The maximum atomic E-state index is 13.3. The number of ether oxygens (including phenoxy) is 1. The standard InChI is InChI=1S/C29H24N2O4/c1-31(21-7-3-2-4-8-21)26(33)18-35-29(34)27-23-9-5-6-10-25(23)30-28-20(13-16-24(27)28)17-19-11-14-22(32)15-12-19/h2-12,14-15,17,32H,13,16,18H2,1H3/b20-17-. The van der Waals surface area contributed by atoms with Gasteiger partial charge in [-0.25, -0.2) is 9.78 Å². The van der Waals surface area contributed by atoms with Crippen LogP contribution in [0.3, 0.4) is 0 Å². The maximum absolute atomic E-state index is 13.3. The largest absolute Gasteiger partial charge is 0.508 e. The highest BCUT2D eigenvalue weighted by Gasteiger charge is 2.28. The quantitative estimate of drug-likeness (QED) is 0.408. The fraction of sp³-hybridized carbons (Fsp3) is 0.138. The number of nitrogens with zero attached hydrogens (tertiary/aromatic N) is 2. The summed E-state index contributed by atoms with van der Waals surface area (Å²) in [6, 6.07) is 23.7. The third kappa shape index (κ3) is 4.51. The first-order valence-electron chi connectivity index (χ1n) is 11.4. The summed E-state index contributed by atoms with van der Waals surface area (Å²) in [5.74, 6) is -0.631. The second kappa shape index (κ2) is 9.43. The number of anilines is 1. The number of pyridine rings is 1. The summed E-state index contributed by atoms with van der Waals surface area (Å²) >= 11 is 0. The van der Waals surface area contributed by atoms with E-state index in [4.69, 9.17) is 9.72 Å². The molecule has 1 amide bonds. The van der Waals surface area contributed by atoms with Gasteiger partial charge in [-0.15, -0.1) is 0 Å². The third-order valence-electron chi connectivity index (χ3n) is 6.22. The van der Waals surface area contributed by atoms with Gasteiger partial charge >= 0.3 is 5.97 Å². The first-order chi connectivity index (χ1) is 17.0. The van der Waals surface area contributed by atoms with Gasteiger partial charge in [-0.1, -0.05) is 48.5 Å². The van der Waals surface area contributed by atoms with E-state index in [1.54, 1.807) is 19.2 Å². The summed E-state index contributed by atoms with van der Waals surface area (Å²) in [7, 11) is 1.66. The average Bonchev–Trinajstić information content (AvgIpc) is 3.28. The molecule has 0 radical (unpaired) electrons. The lowest BCUT2D eigenvalue weighted by Gasteiger charge is -2.17. The van der Waals surface area contributed by atoms with Gasteiger partial charge in [-0.05, 0) is 65.9 Å². The molecule has 0 unspecified atom stereocenters.